The van der Waals surface area contributed by atoms with Gasteiger partial charge in [0.1, 0.15) is 6.10 Å². The molecule has 0 aromatic heterocycles. The highest BCUT2D eigenvalue weighted by Gasteiger charge is 2.31. The quantitative estimate of drug-likeness (QED) is 0.510. The fraction of sp³-hybridized carbons (Fsp3) is 0.778. The number of ether oxygens (including phenoxy) is 1. The van der Waals surface area contributed by atoms with E-state index >= 15 is 0 Å². The molecule has 2 atom stereocenters. The molecule has 0 bridgehead atoms. The Hall–Kier alpha value is -0.570. The largest absolute Gasteiger partial charge is 0.462 e. The van der Waals surface area contributed by atoms with Crippen LogP contribution in [0.5, 0.6) is 0 Å². The monoisotopic (exact) mass is 204 g/mol. The molecule has 1 rings (SSSR count). The van der Waals surface area contributed by atoms with E-state index in [1.54, 1.807) is 0 Å². The molecular weight excluding hydrogens is 192 g/mol. The maximum absolute atomic E-state index is 11.0. The van der Waals surface area contributed by atoms with E-state index in [9.17, 15) is 9.59 Å². The van der Waals surface area contributed by atoms with Crippen molar-refractivity contribution < 1.29 is 14.3 Å². The van der Waals surface area contributed by atoms with Crippen molar-refractivity contribution in [2.45, 2.75) is 38.7 Å². The first-order valence-corrected chi connectivity index (χ1v) is 4.85. The van der Waals surface area contributed by atoms with E-state index in [-0.39, 0.29) is 23.2 Å². The van der Waals surface area contributed by atoms with Gasteiger partial charge in [0, 0.05) is 6.92 Å². The lowest BCUT2D eigenvalue weighted by atomic mass is 9.87. The zero-order valence-corrected chi connectivity index (χ0v) is 8.34. The van der Waals surface area contributed by atoms with Crippen LogP contribution in [0.2, 0.25) is 0 Å². The summed E-state index contributed by atoms with van der Waals surface area (Å²) in [5.74, 6) is -0.630. The van der Waals surface area contributed by atoms with Gasteiger partial charge < -0.3 is 4.74 Å². The van der Waals surface area contributed by atoms with E-state index in [1.807, 2.05) is 0 Å². The van der Waals surface area contributed by atoms with Gasteiger partial charge in [-0.1, -0.05) is 6.42 Å². The summed E-state index contributed by atoms with van der Waals surface area (Å²) in [7, 11) is 0. The highest BCUT2D eigenvalue weighted by molar-refractivity contribution is 6.64. The number of esters is 1. The second kappa shape index (κ2) is 4.61. The van der Waals surface area contributed by atoms with Crippen molar-refractivity contribution in [1.82, 2.24) is 0 Å². The average Bonchev–Trinajstić information content (AvgIpc) is 2.03. The summed E-state index contributed by atoms with van der Waals surface area (Å²) >= 11 is 5.40. The Kier molecular flexibility index (Phi) is 3.72. The summed E-state index contributed by atoms with van der Waals surface area (Å²) in [6.45, 7) is 1.35. The molecule has 0 aromatic rings. The summed E-state index contributed by atoms with van der Waals surface area (Å²) in [5.41, 5.74) is 0. The molecule has 0 aromatic carbocycles. The van der Waals surface area contributed by atoms with Crippen molar-refractivity contribution in [2.24, 2.45) is 5.92 Å². The number of hydrogen-bond acceptors (Lipinski definition) is 3. The van der Waals surface area contributed by atoms with Crippen LogP contribution >= 0.6 is 11.6 Å². The second-order valence-corrected chi connectivity index (χ2v) is 3.72. The Labute approximate surface area is 82.4 Å². The van der Waals surface area contributed by atoms with Gasteiger partial charge in [0.25, 0.3) is 0 Å². The van der Waals surface area contributed by atoms with Crippen LogP contribution < -0.4 is 0 Å². The molecule has 13 heavy (non-hydrogen) atoms. The first-order valence-electron chi connectivity index (χ1n) is 4.48. The van der Waals surface area contributed by atoms with E-state index < -0.39 is 0 Å². The number of carbonyl (C=O) groups excluding carboxylic acids is 2. The lowest BCUT2D eigenvalue weighted by Crippen LogP contribution is -2.32. The Morgan fingerprint density at radius 3 is 2.46 bits per heavy atom. The Bertz CT molecular complexity index is 215. The third-order valence-electron chi connectivity index (χ3n) is 2.31. The molecule has 3 nitrogen and oxygen atoms in total. The molecular formula is C9H13ClO3. The van der Waals surface area contributed by atoms with Crippen LogP contribution in [-0.2, 0) is 14.3 Å². The average molecular weight is 205 g/mol. The molecule has 74 valence electrons. The van der Waals surface area contributed by atoms with Gasteiger partial charge in [0.2, 0.25) is 5.24 Å². The van der Waals surface area contributed by atoms with Crippen LogP contribution in [0, 0.1) is 5.92 Å². The fourth-order valence-electron chi connectivity index (χ4n) is 1.71. The van der Waals surface area contributed by atoms with E-state index in [1.165, 1.54) is 6.92 Å². The van der Waals surface area contributed by atoms with E-state index in [2.05, 4.69) is 0 Å². The van der Waals surface area contributed by atoms with Gasteiger partial charge in [-0.05, 0) is 30.9 Å². The molecule has 0 heterocycles. The molecule has 0 N–H and O–H groups in total. The minimum absolute atomic E-state index is 0.292. The first kappa shape index (κ1) is 10.5. The third kappa shape index (κ3) is 2.99. The zero-order valence-electron chi connectivity index (χ0n) is 7.59. The standard InChI is InChI=1S/C9H13ClO3/c1-6(11)13-8-5-3-2-4-7(8)9(10)12/h7-8H,2-5H2,1H3/t7-,8-/m1/s1. The summed E-state index contributed by atoms with van der Waals surface area (Å²) in [4.78, 5) is 21.7. The van der Waals surface area contributed by atoms with Crippen LogP contribution in [0.3, 0.4) is 0 Å². The number of rotatable bonds is 2. The Balaban J connectivity index is 2.56. The summed E-state index contributed by atoms with van der Waals surface area (Å²) in [6.07, 6.45) is 3.18. The van der Waals surface area contributed by atoms with Crippen molar-refractivity contribution in [3.05, 3.63) is 0 Å². The van der Waals surface area contributed by atoms with Crippen molar-refractivity contribution in [3.63, 3.8) is 0 Å². The van der Waals surface area contributed by atoms with Crippen LogP contribution in [0.15, 0.2) is 0 Å². The highest BCUT2D eigenvalue weighted by Crippen LogP contribution is 2.28. The third-order valence-corrected chi connectivity index (χ3v) is 2.59. The molecule has 1 aliphatic carbocycles. The SMILES string of the molecule is CC(=O)O[C@@H]1CCCC[C@H]1C(=O)Cl. The number of hydrogen-bond donors (Lipinski definition) is 0. The van der Waals surface area contributed by atoms with Gasteiger partial charge in [-0.2, -0.15) is 0 Å². The van der Waals surface area contributed by atoms with Crippen LogP contribution in [0.4, 0.5) is 0 Å². The van der Waals surface area contributed by atoms with Crippen molar-refractivity contribution in [3.8, 4) is 0 Å². The van der Waals surface area contributed by atoms with E-state index in [4.69, 9.17) is 16.3 Å². The summed E-state index contributed by atoms with van der Waals surface area (Å²) in [6, 6.07) is 0. The number of halogens is 1. The Morgan fingerprint density at radius 2 is 1.92 bits per heavy atom. The summed E-state index contributed by atoms with van der Waals surface area (Å²) < 4.78 is 5.02. The molecule has 0 saturated heterocycles. The molecule has 0 aliphatic heterocycles. The van der Waals surface area contributed by atoms with Crippen molar-refractivity contribution in [2.75, 3.05) is 0 Å². The first-order chi connectivity index (χ1) is 6.11. The van der Waals surface area contributed by atoms with Gasteiger partial charge in [-0.15, -0.1) is 0 Å². The fourth-order valence-corrected chi connectivity index (χ4v) is 1.96. The summed E-state index contributed by atoms with van der Waals surface area (Å²) in [5, 5.41) is -0.383. The molecule has 0 unspecified atom stereocenters. The normalized spacial score (nSPS) is 28.2. The van der Waals surface area contributed by atoms with Crippen LogP contribution in [-0.4, -0.2) is 17.3 Å². The van der Waals surface area contributed by atoms with Gasteiger partial charge in [-0.25, -0.2) is 0 Å². The van der Waals surface area contributed by atoms with Crippen LogP contribution in [0.1, 0.15) is 32.6 Å². The second-order valence-electron chi connectivity index (χ2n) is 3.34. The predicted molar refractivity (Wildman–Crippen MR) is 48.4 cm³/mol. The zero-order chi connectivity index (χ0) is 9.84. The molecule has 1 aliphatic rings. The lowest BCUT2D eigenvalue weighted by Gasteiger charge is -2.27. The van der Waals surface area contributed by atoms with Gasteiger partial charge in [-0.3, -0.25) is 9.59 Å². The predicted octanol–water partition coefficient (Wildman–Crippen LogP) is 1.87. The van der Waals surface area contributed by atoms with Gasteiger partial charge >= 0.3 is 5.97 Å². The van der Waals surface area contributed by atoms with Crippen LogP contribution in [0.25, 0.3) is 0 Å². The molecule has 0 spiro atoms. The number of carbonyl (C=O) groups is 2. The molecule has 4 heteroatoms. The maximum atomic E-state index is 11.0. The highest BCUT2D eigenvalue weighted by atomic mass is 35.5. The van der Waals surface area contributed by atoms with Gasteiger partial charge in [0.15, 0.2) is 0 Å². The smallest absolute Gasteiger partial charge is 0.302 e. The van der Waals surface area contributed by atoms with Crippen molar-refractivity contribution >= 4 is 22.8 Å². The molecule has 0 amide bonds. The van der Waals surface area contributed by atoms with Gasteiger partial charge in [0.05, 0.1) is 5.92 Å². The molecule has 1 saturated carbocycles. The lowest BCUT2D eigenvalue weighted by molar-refractivity contribution is -0.151. The molecule has 1 fully saturated rings. The van der Waals surface area contributed by atoms with Crippen molar-refractivity contribution in [1.29, 1.82) is 0 Å². The maximum Gasteiger partial charge on any atom is 0.302 e. The minimum atomic E-state index is -0.383. The molecule has 0 radical (unpaired) electrons. The minimum Gasteiger partial charge on any atom is -0.462 e. The topological polar surface area (TPSA) is 43.4 Å². The van der Waals surface area contributed by atoms with E-state index in [0.717, 1.165) is 25.7 Å². The Morgan fingerprint density at radius 1 is 1.31 bits per heavy atom. The van der Waals surface area contributed by atoms with E-state index in [0.29, 0.717) is 0 Å².